The van der Waals surface area contributed by atoms with Crippen molar-refractivity contribution in [3.8, 4) is 11.6 Å². The number of rotatable bonds is 8. The van der Waals surface area contributed by atoms with E-state index in [1.54, 1.807) is 19.2 Å². The van der Waals surface area contributed by atoms with E-state index in [4.69, 9.17) is 10.5 Å². The third-order valence-corrected chi connectivity index (χ3v) is 5.82. The minimum atomic E-state index is -0.296. The fourth-order valence-corrected chi connectivity index (χ4v) is 4.05. The average Bonchev–Trinajstić information content (AvgIpc) is 3.17. The molecule has 3 heterocycles. The molecule has 3 aromatic heterocycles. The number of imidazole rings is 1. The van der Waals surface area contributed by atoms with Crippen LogP contribution in [-0.2, 0) is 19.4 Å². The Morgan fingerprint density at radius 3 is 2.34 bits per heavy atom. The van der Waals surface area contributed by atoms with E-state index in [1.165, 1.54) is 15.7 Å². The molecule has 5 aromatic rings. The minimum Gasteiger partial charge on any atom is -0.439 e. The van der Waals surface area contributed by atoms with Crippen molar-refractivity contribution in [3.05, 3.63) is 106 Å². The van der Waals surface area contributed by atoms with Crippen LogP contribution in [0.15, 0.2) is 77.7 Å². The lowest BCUT2D eigenvalue weighted by atomic mass is 10.0. The standard InChI is InChI=1S/C27H26N6O2/c1-18-30-25(28)24-26(31-18)33(27(34)32-24)17-21-12-15-23(29-16-21)35-22-13-10-20(11-14-22)9-5-8-19-6-3-2-4-7-19/h2-4,6-7,10-16H,5,8-9,17H2,1H3,(H,32,34)(H2,28,30,31). The summed E-state index contributed by atoms with van der Waals surface area (Å²) in [6.07, 6.45) is 4.88. The number of hydrogen-bond acceptors (Lipinski definition) is 6. The number of fused-ring (bicyclic) bond motifs is 1. The van der Waals surface area contributed by atoms with Gasteiger partial charge in [0.25, 0.3) is 0 Å². The van der Waals surface area contributed by atoms with Crippen molar-refractivity contribution >= 4 is 17.0 Å². The zero-order valence-electron chi connectivity index (χ0n) is 19.4. The Labute approximate surface area is 202 Å². The molecule has 0 atom stereocenters. The van der Waals surface area contributed by atoms with Crippen molar-refractivity contribution in [2.75, 3.05) is 5.73 Å². The Bertz CT molecular complexity index is 1490. The number of aromatic nitrogens is 5. The molecular formula is C27H26N6O2. The van der Waals surface area contributed by atoms with E-state index in [2.05, 4.69) is 56.3 Å². The van der Waals surface area contributed by atoms with Gasteiger partial charge < -0.3 is 15.5 Å². The summed E-state index contributed by atoms with van der Waals surface area (Å²) in [6.45, 7) is 2.04. The lowest BCUT2D eigenvalue weighted by Crippen LogP contribution is -2.18. The highest BCUT2D eigenvalue weighted by atomic mass is 16.5. The number of pyridine rings is 1. The molecule has 2 aromatic carbocycles. The number of aromatic amines is 1. The molecule has 3 N–H and O–H groups in total. The summed E-state index contributed by atoms with van der Waals surface area (Å²) in [7, 11) is 0. The van der Waals surface area contributed by atoms with Crippen molar-refractivity contribution in [3.63, 3.8) is 0 Å². The van der Waals surface area contributed by atoms with Gasteiger partial charge >= 0.3 is 5.69 Å². The average molecular weight is 467 g/mol. The van der Waals surface area contributed by atoms with Crippen LogP contribution in [0.25, 0.3) is 11.2 Å². The molecule has 8 nitrogen and oxygen atoms in total. The highest BCUT2D eigenvalue weighted by molar-refractivity contribution is 5.81. The second-order valence-corrected chi connectivity index (χ2v) is 8.46. The number of hydrogen-bond donors (Lipinski definition) is 2. The number of nitrogens with two attached hydrogens (primary N) is 1. The lowest BCUT2D eigenvalue weighted by molar-refractivity contribution is 0.462. The molecule has 0 spiro atoms. The van der Waals surface area contributed by atoms with Crippen LogP contribution in [-0.4, -0.2) is 24.5 Å². The summed E-state index contributed by atoms with van der Waals surface area (Å²) in [6, 6.07) is 22.3. The summed E-state index contributed by atoms with van der Waals surface area (Å²) in [5.41, 5.74) is 10.0. The maximum Gasteiger partial charge on any atom is 0.328 e. The predicted octanol–water partition coefficient (Wildman–Crippen LogP) is 4.42. The summed E-state index contributed by atoms with van der Waals surface area (Å²) in [5.74, 6) is 1.98. The van der Waals surface area contributed by atoms with Gasteiger partial charge in [-0.1, -0.05) is 48.5 Å². The van der Waals surface area contributed by atoms with Crippen LogP contribution < -0.4 is 16.2 Å². The summed E-state index contributed by atoms with van der Waals surface area (Å²) in [5, 5.41) is 0. The third-order valence-electron chi connectivity index (χ3n) is 5.82. The summed E-state index contributed by atoms with van der Waals surface area (Å²) < 4.78 is 7.42. The third kappa shape index (κ3) is 5.22. The highest BCUT2D eigenvalue weighted by Gasteiger charge is 2.13. The molecule has 0 radical (unpaired) electrons. The van der Waals surface area contributed by atoms with Crippen molar-refractivity contribution in [1.82, 2.24) is 24.5 Å². The van der Waals surface area contributed by atoms with E-state index in [0.717, 1.165) is 30.6 Å². The van der Waals surface area contributed by atoms with Gasteiger partial charge in [-0.2, -0.15) is 0 Å². The number of ether oxygens (including phenoxy) is 1. The van der Waals surface area contributed by atoms with Gasteiger partial charge in [0, 0.05) is 12.3 Å². The topological polar surface area (TPSA) is 112 Å². The van der Waals surface area contributed by atoms with Gasteiger partial charge in [-0.15, -0.1) is 0 Å². The molecule has 0 amide bonds. The number of anilines is 1. The molecule has 0 fully saturated rings. The molecule has 8 heteroatoms. The Balaban J connectivity index is 1.20. The Kier molecular flexibility index (Phi) is 6.26. The Morgan fingerprint density at radius 2 is 1.63 bits per heavy atom. The Hall–Kier alpha value is -4.46. The summed E-state index contributed by atoms with van der Waals surface area (Å²) in [4.78, 5) is 28.0. The van der Waals surface area contributed by atoms with Crippen LogP contribution in [0.1, 0.15) is 28.9 Å². The number of nitrogens with one attached hydrogen (secondary N) is 1. The maximum atomic E-state index is 12.4. The van der Waals surface area contributed by atoms with Crippen LogP contribution in [0.4, 0.5) is 5.82 Å². The minimum absolute atomic E-state index is 0.257. The monoisotopic (exact) mass is 466 g/mol. The van der Waals surface area contributed by atoms with E-state index in [-0.39, 0.29) is 11.5 Å². The molecule has 0 bridgehead atoms. The first kappa shape index (κ1) is 22.3. The van der Waals surface area contributed by atoms with Gasteiger partial charge in [0.1, 0.15) is 17.1 Å². The molecule has 5 rings (SSSR count). The Morgan fingerprint density at radius 1 is 0.914 bits per heavy atom. The summed E-state index contributed by atoms with van der Waals surface area (Å²) >= 11 is 0. The number of aryl methyl sites for hydroxylation is 3. The van der Waals surface area contributed by atoms with Crippen molar-refractivity contribution in [1.29, 1.82) is 0 Å². The van der Waals surface area contributed by atoms with Crippen LogP contribution in [0, 0.1) is 6.92 Å². The second-order valence-electron chi connectivity index (χ2n) is 8.46. The first-order valence-corrected chi connectivity index (χ1v) is 11.5. The van der Waals surface area contributed by atoms with Crippen LogP contribution in [0.3, 0.4) is 0 Å². The molecule has 176 valence electrons. The quantitative estimate of drug-likeness (QED) is 0.350. The first-order valence-electron chi connectivity index (χ1n) is 11.5. The van der Waals surface area contributed by atoms with Crippen molar-refractivity contribution < 1.29 is 4.74 Å². The van der Waals surface area contributed by atoms with Gasteiger partial charge in [0.2, 0.25) is 5.88 Å². The normalized spacial score (nSPS) is 11.1. The van der Waals surface area contributed by atoms with Gasteiger partial charge in [0.15, 0.2) is 11.5 Å². The highest BCUT2D eigenvalue weighted by Crippen LogP contribution is 2.21. The van der Waals surface area contributed by atoms with Gasteiger partial charge in [0.05, 0.1) is 6.54 Å². The van der Waals surface area contributed by atoms with E-state index < -0.39 is 0 Å². The SMILES string of the molecule is Cc1nc(N)c2[nH]c(=O)n(Cc3ccc(Oc4ccc(CCCc5ccccc5)cc4)nc3)c2n1. The predicted molar refractivity (Wildman–Crippen MR) is 136 cm³/mol. The molecule has 0 aliphatic carbocycles. The molecule has 0 aliphatic rings. The molecule has 0 saturated carbocycles. The first-order chi connectivity index (χ1) is 17.0. The molecule has 35 heavy (non-hydrogen) atoms. The van der Waals surface area contributed by atoms with Crippen LogP contribution >= 0.6 is 0 Å². The molecule has 0 aliphatic heterocycles. The molecule has 0 saturated heterocycles. The van der Waals surface area contributed by atoms with E-state index in [0.29, 0.717) is 29.4 Å². The van der Waals surface area contributed by atoms with E-state index >= 15 is 0 Å². The zero-order chi connectivity index (χ0) is 24.2. The number of nitrogen functional groups attached to an aromatic ring is 1. The molecule has 0 unspecified atom stereocenters. The largest absolute Gasteiger partial charge is 0.439 e. The fourth-order valence-electron chi connectivity index (χ4n) is 4.05. The van der Waals surface area contributed by atoms with Gasteiger partial charge in [-0.05, 0) is 55.0 Å². The van der Waals surface area contributed by atoms with Gasteiger partial charge in [-0.25, -0.2) is 19.7 Å². The maximum absolute atomic E-state index is 12.4. The number of benzene rings is 2. The van der Waals surface area contributed by atoms with Crippen molar-refractivity contribution in [2.24, 2.45) is 0 Å². The molecular weight excluding hydrogens is 440 g/mol. The number of nitrogens with zero attached hydrogens (tertiary/aromatic N) is 4. The van der Waals surface area contributed by atoms with Crippen LogP contribution in [0.2, 0.25) is 0 Å². The zero-order valence-corrected chi connectivity index (χ0v) is 19.4. The number of H-pyrrole nitrogens is 1. The van der Waals surface area contributed by atoms with E-state index in [1.807, 2.05) is 24.3 Å². The van der Waals surface area contributed by atoms with Crippen molar-refractivity contribution in [2.45, 2.75) is 32.7 Å². The second kappa shape index (κ2) is 9.80. The smallest absolute Gasteiger partial charge is 0.328 e. The van der Waals surface area contributed by atoms with Gasteiger partial charge in [-0.3, -0.25) is 4.57 Å². The fraction of sp³-hybridized carbons (Fsp3) is 0.185. The lowest BCUT2D eigenvalue weighted by Gasteiger charge is -2.08. The van der Waals surface area contributed by atoms with Crippen LogP contribution in [0.5, 0.6) is 11.6 Å². The van der Waals surface area contributed by atoms with E-state index in [9.17, 15) is 4.79 Å².